The van der Waals surface area contributed by atoms with Crippen LogP contribution >= 0.6 is 27.5 Å². The highest BCUT2D eigenvalue weighted by molar-refractivity contribution is 9.10. The predicted octanol–water partition coefficient (Wildman–Crippen LogP) is 4.29. The van der Waals surface area contributed by atoms with E-state index in [1.807, 2.05) is 12.1 Å². The van der Waals surface area contributed by atoms with Gasteiger partial charge in [0.25, 0.3) is 0 Å². The highest BCUT2D eigenvalue weighted by Gasteiger charge is 2.10. The van der Waals surface area contributed by atoms with Gasteiger partial charge in [0.2, 0.25) is 0 Å². The summed E-state index contributed by atoms with van der Waals surface area (Å²) in [6, 6.07) is 11.4. The lowest BCUT2D eigenvalue weighted by Gasteiger charge is -2.13. The molecule has 0 heterocycles. The third kappa shape index (κ3) is 2.86. The van der Waals surface area contributed by atoms with Gasteiger partial charge in [-0.15, -0.1) is 0 Å². The Morgan fingerprint density at radius 1 is 1.12 bits per heavy atom. The first kappa shape index (κ1) is 12.6. The van der Waals surface area contributed by atoms with Gasteiger partial charge in [-0.3, -0.25) is 0 Å². The van der Waals surface area contributed by atoms with Crippen molar-refractivity contribution in [3.8, 4) is 0 Å². The summed E-state index contributed by atoms with van der Waals surface area (Å²) < 4.78 is 13.9. The first-order valence-corrected chi connectivity index (χ1v) is 6.21. The van der Waals surface area contributed by atoms with Crippen LogP contribution in [0.15, 0.2) is 46.9 Å². The zero-order chi connectivity index (χ0) is 12.4. The summed E-state index contributed by atoms with van der Waals surface area (Å²) in [5.74, 6) is -0.291. The van der Waals surface area contributed by atoms with Gasteiger partial charge in [-0.2, -0.15) is 0 Å². The fourth-order valence-corrected chi connectivity index (χ4v) is 2.03. The van der Waals surface area contributed by atoms with Crippen LogP contribution in [0.4, 0.5) is 4.39 Å². The first-order chi connectivity index (χ1) is 8.08. The van der Waals surface area contributed by atoms with Crippen molar-refractivity contribution in [3.05, 3.63) is 68.9 Å². The van der Waals surface area contributed by atoms with Gasteiger partial charge >= 0.3 is 0 Å². The summed E-state index contributed by atoms with van der Waals surface area (Å²) in [6.45, 7) is 0. The second kappa shape index (κ2) is 5.17. The lowest BCUT2D eigenvalue weighted by molar-refractivity contribution is 0.623. The van der Waals surface area contributed by atoms with Gasteiger partial charge in [-0.25, -0.2) is 4.39 Å². The Morgan fingerprint density at radius 3 is 2.47 bits per heavy atom. The van der Waals surface area contributed by atoms with Crippen LogP contribution in [0, 0.1) is 5.82 Å². The molecule has 88 valence electrons. The number of hydrogen-bond donors (Lipinski definition) is 1. The van der Waals surface area contributed by atoms with Gasteiger partial charge in [0.15, 0.2) is 0 Å². The molecule has 0 bridgehead atoms. The summed E-state index contributed by atoms with van der Waals surface area (Å²) in [6.07, 6.45) is 0. The standard InChI is InChI=1S/C13H10BrClFN/c14-11-5-4-9(7-12(11)15)13(17)8-2-1-3-10(16)6-8/h1-7,13H,17H2. The highest BCUT2D eigenvalue weighted by atomic mass is 79.9. The van der Waals surface area contributed by atoms with Crippen LogP contribution in [0.5, 0.6) is 0 Å². The third-order valence-corrected chi connectivity index (χ3v) is 3.74. The van der Waals surface area contributed by atoms with E-state index in [0.29, 0.717) is 5.02 Å². The van der Waals surface area contributed by atoms with Crippen LogP contribution in [0.25, 0.3) is 0 Å². The van der Waals surface area contributed by atoms with Crippen molar-refractivity contribution in [2.75, 3.05) is 0 Å². The summed E-state index contributed by atoms with van der Waals surface area (Å²) in [5.41, 5.74) is 7.64. The van der Waals surface area contributed by atoms with Gasteiger partial charge in [0.1, 0.15) is 5.82 Å². The van der Waals surface area contributed by atoms with Crippen molar-refractivity contribution in [2.45, 2.75) is 6.04 Å². The predicted molar refractivity (Wildman–Crippen MR) is 71.6 cm³/mol. The molecule has 0 aliphatic rings. The van der Waals surface area contributed by atoms with E-state index in [1.54, 1.807) is 18.2 Å². The minimum atomic E-state index is -0.378. The summed E-state index contributed by atoms with van der Waals surface area (Å²) in [7, 11) is 0. The fraction of sp³-hybridized carbons (Fsp3) is 0.0769. The van der Waals surface area contributed by atoms with Gasteiger partial charge in [-0.1, -0.05) is 29.8 Å². The summed E-state index contributed by atoms with van der Waals surface area (Å²) >= 11 is 9.31. The Labute approximate surface area is 113 Å². The van der Waals surface area contributed by atoms with Gasteiger partial charge in [-0.05, 0) is 51.3 Å². The molecule has 2 aromatic carbocycles. The number of hydrogen-bond acceptors (Lipinski definition) is 1. The zero-order valence-electron chi connectivity index (χ0n) is 8.83. The molecule has 0 aromatic heterocycles. The molecule has 2 rings (SSSR count). The molecular formula is C13H10BrClFN. The topological polar surface area (TPSA) is 26.0 Å². The maximum absolute atomic E-state index is 13.1. The van der Waals surface area contributed by atoms with E-state index in [-0.39, 0.29) is 11.9 Å². The summed E-state index contributed by atoms with van der Waals surface area (Å²) in [5, 5.41) is 0.592. The Hall–Kier alpha value is -0.900. The van der Waals surface area contributed by atoms with E-state index in [2.05, 4.69) is 15.9 Å². The van der Waals surface area contributed by atoms with Gasteiger partial charge in [0, 0.05) is 4.47 Å². The molecule has 0 radical (unpaired) electrons. The van der Waals surface area contributed by atoms with Crippen LogP contribution in [-0.2, 0) is 0 Å². The quantitative estimate of drug-likeness (QED) is 0.879. The Kier molecular flexibility index (Phi) is 3.82. The molecule has 2 aromatic rings. The fourth-order valence-electron chi connectivity index (χ4n) is 1.60. The summed E-state index contributed by atoms with van der Waals surface area (Å²) in [4.78, 5) is 0. The van der Waals surface area contributed by atoms with Gasteiger partial charge < -0.3 is 5.73 Å². The molecule has 0 saturated heterocycles. The van der Waals surface area contributed by atoms with E-state index in [1.165, 1.54) is 12.1 Å². The molecular weight excluding hydrogens is 305 g/mol. The van der Waals surface area contributed by atoms with Crippen molar-refractivity contribution in [1.82, 2.24) is 0 Å². The highest BCUT2D eigenvalue weighted by Crippen LogP contribution is 2.28. The van der Waals surface area contributed by atoms with Crippen molar-refractivity contribution in [2.24, 2.45) is 5.73 Å². The molecule has 0 amide bonds. The lowest BCUT2D eigenvalue weighted by Crippen LogP contribution is -2.11. The smallest absolute Gasteiger partial charge is 0.123 e. The van der Waals surface area contributed by atoms with E-state index < -0.39 is 0 Å². The van der Waals surface area contributed by atoms with E-state index in [0.717, 1.165) is 15.6 Å². The molecule has 0 aliphatic carbocycles. The van der Waals surface area contributed by atoms with Crippen LogP contribution < -0.4 is 5.73 Å². The Morgan fingerprint density at radius 2 is 1.82 bits per heavy atom. The van der Waals surface area contributed by atoms with Crippen LogP contribution in [0.1, 0.15) is 17.2 Å². The molecule has 17 heavy (non-hydrogen) atoms. The minimum absolute atomic E-state index is 0.291. The van der Waals surface area contributed by atoms with Crippen molar-refractivity contribution in [1.29, 1.82) is 0 Å². The SMILES string of the molecule is NC(c1cccc(F)c1)c1ccc(Br)c(Cl)c1. The lowest BCUT2D eigenvalue weighted by atomic mass is 10.00. The molecule has 2 N–H and O–H groups in total. The molecule has 1 atom stereocenters. The first-order valence-electron chi connectivity index (χ1n) is 5.04. The maximum atomic E-state index is 13.1. The van der Waals surface area contributed by atoms with E-state index >= 15 is 0 Å². The van der Waals surface area contributed by atoms with Crippen LogP contribution in [0.2, 0.25) is 5.02 Å². The molecule has 0 aliphatic heterocycles. The molecule has 1 unspecified atom stereocenters. The largest absolute Gasteiger partial charge is 0.320 e. The Balaban J connectivity index is 2.36. The average molecular weight is 315 g/mol. The number of rotatable bonds is 2. The monoisotopic (exact) mass is 313 g/mol. The molecule has 0 spiro atoms. The normalized spacial score (nSPS) is 12.5. The van der Waals surface area contributed by atoms with E-state index in [9.17, 15) is 4.39 Å². The van der Waals surface area contributed by atoms with Crippen molar-refractivity contribution in [3.63, 3.8) is 0 Å². The second-order valence-corrected chi connectivity index (χ2v) is 4.97. The van der Waals surface area contributed by atoms with Crippen molar-refractivity contribution < 1.29 is 4.39 Å². The number of nitrogens with two attached hydrogens (primary N) is 1. The zero-order valence-corrected chi connectivity index (χ0v) is 11.2. The van der Waals surface area contributed by atoms with Crippen LogP contribution in [0.3, 0.4) is 0 Å². The van der Waals surface area contributed by atoms with E-state index in [4.69, 9.17) is 17.3 Å². The second-order valence-electron chi connectivity index (χ2n) is 3.71. The number of halogens is 3. The number of benzene rings is 2. The van der Waals surface area contributed by atoms with Crippen molar-refractivity contribution >= 4 is 27.5 Å². The molecule has 1 nitrogen and oxygen atoms in total. The molecule has 0 fully saturated rings. The average Bonchev–Trinajstić information content (AvgIpc) is 2.32. The van der Waals surface area contributed by atoms with Gasteiger partial charge in [0.05, 0.1) is 11.1 Å². The minimum Gasteiger partial charge on any atom is -0.320 e. The molecule has 0 saturated carbocycles. The Bertz CT molecular complexity index is 545. The maximum Gasteiger partial charge on any atom is 0.123 e. The molecule has 4 heteroatoms. The third-order valence-electron chi connectivity index (χ3n) is 2.51. The van der Waals surface area contributed by atoms with Crippen LogP contribution in [-0.4, -0.2) is 0 Å².